The van der Waals surface area contributed by atoms with E-state index in [1.54, 1.807) is 0 Å². The van der Waals surface area contributed by atoms with Gasteiger partial charge in [-0.25, -0.2) is 0 Å². The van der Waals surface area contributed by atoms with Crippen LogP contribution >= 0.6 is 0 Å². The fourth-order valence-corrected chi connectivity index (χ4v) is 3.35. The normalized spacial score (nSPS) is 22.5. The molecule has 0 aliphatic carbocycles. The first-order valence-electron chi connectivity index (χ1n) is 7.95. The van der Waals surface area contributed by atoms with E-state index in [9.17, 15) is 9.90 Å². The highest BCUT2D eigenvalue weighted by Crippen LogP contribution is 2.29. The molecule has 0 amide bonds. The number of aromatic amines is 1. The molecule has 0 radical (unpaired) electrons. The van der Waals surface area contributed by atoms with Gasteiger partial charge in [-0.05, 0) is 43.0 Å². The zero-order chi connectivity index (χ0) is 15.7. The molecule has 1 aliphatic rings. The van der Waals surface area contributed by atoms with Crippen molar-refractivity contribution < 1.29 is 5.11 Å². The van der Waals surface area contributed by atoms with E-state index in [-0.39, 0.29) is 17.6 Å². The van der Waals surface area contributed by atoms with Gasteiger partial charge in [0.1, 0.15) is 0 Å². The lowest BCUT2D eigenvalue weighted by atomic mass is 9.91. The Morgan fingerprint density at radius 2 is 2.18 bits per heavy atom. The molecule has 1 aliphatic heterocycles. The molecule has 2 heterocycles. The summed E-state index contributed by atoms with van der Waals surface area (Å²) in [5.74, 6) is 0. The largest absolute Gasteiger partial charge is 0.396 e. The van der Waals surface area contributed by atoms with Crippen LogP contribution in [0.15, 0.2) is 29.1 Å². The number of aliphatic hydroxyl groups is 1. The smallest absolute Gasteiger partial charge is 0.256 e. The number of hydrogen-bond acceptors (Lipinski definition) is 3. The van der Waals surface area contributed by atoms with E-state index in [1.807, 2.05) is 25.1 Å². The number of likely N-dealkylation sites (tertiary alicyclic amines) is 1. The number of H-pyrrole nitrogens is 1. The molecule has 0 unspecified atom stereocenters. The molecular formula is C18H24N2O2. The number of benzene rings is 1. The molecule has 22 heavy (non-hydrogen) atoms. The molecule has 1 aromatic carbocycles. The fourth-order valence-electron chi connectivity index (χ4n) is 3.35. The molecule has 1 atom stereocenters. The topological polar surface area (TPSA) is 56.3 Å². The molecule has 1 saturated heterocycles. The van der Waals surface area contributed by atoms with Crippen LogP contribution < -0.4 is 5.56 Å². The van der Waals surface area contributed by atoms with Crippen molar-refractivity contribution in [2.75, 3.05) is 26.2 Å². The number of aromatic nitrogens is 1. The highest BCUT2D eigenvalue weighted by molar-refractivity contribution is 5.84. The van der Waals surface area contributed by atoms with Gasteiger partial charge in [-0.2, -0.15) is 0 Å². The number of nitrogens with one attached hydrogen (secondary N) is 1. The van der Waals surface area contributed by atoms with Crippen LogP contribution in [0.1, 0.15) is 24.6 Å². The molecule has 3 rings (SSSR count). The summed E-state index contributed by atoms with van der Waals surface area (Å²) in [6, 6.07) is 7.94. The molecule has 118 valence electrons. The SMILES string of the molecule is Cc1cccc2c(=O)[nH]c(CCN3CC[C@](C)(CO)C3)cc12. The molecule has 0 spiro atoms. The third-order valence-electron chi connectivity index (χ3n) is 4.88. The minimum Gasteiger partial charge on any atom is -0.396 e. The lowest BCUT2D eigenvalue weighted by Gasteiger charge is -2.21. The number of rotatable bonds is 4. The molecule has 0 bridgehead atoms. The molecule has 1 aromatic heterocycles. The van der Waals surface area contributed by atoms with Crippen LogP contribution in [0.5, 0.6) is 0 Å². The monoisotopic (exact) mass is 300 g/mol. The summed E-state index contributed by atoms with van der Waals surface area (Å²) in [7, 11) is 0. The van der Waals surface area contributed by atoms with Crippen molar-refractivity contribution in [3.63, 3.8) is 0 Å². The van der Waals surface area contributed by atoms with Crippen molar-refractivity contribution in [2.45, 2.75) is 26.7 Å². The molecule has 0 saturated carbocycles. The maximum atomic E-state index is 12.2. The van der Waals surface area contributed by atoms with Gasteiger partial charge in [0.15, 0.2) is 0 Å². The van der Waals surface area contributed by atoms with Gasteiger partial charge in [0.25, 0.3) is 5.56 Å². The number of pyridine rings is 1. The molecular weight excluding hydrogens is 276 g/mol. The second kappa shape index (κ2) is 5.86. The highest BCUT2D eigenvalue weighted by Gasteiger charge is 2.32. The van der Waals surface area contributed by atoms with Crippen LogP contribution in [0, 0.1) is 12.3 Å². The molecule has 4 nitrogen and oxygen atoms in total. The van der Waals surface area contributed by atoms with Gasteiger partial charge < -0.3 is 15.0 Å². The fraction of sp³-hybridized carbons (Fsp3) is 0.500. The standard InChI is InChI=1S/C18H24N2O2/c1-13-4-3-5-15-16(13)10-14(19-17(15)22)6-8-20-9-7-18(2,11-20)12-21/h3-5,10,21H,6-9,11-12H2,1-2H3,(H,19,22)/t18-/m0/s1. The van der Waals surface area contributed by atoms with Gasteiger partial charge in [-0.3, -0.25) is 4.79 Å². The Bertz CT molecular complexity index is 737. The first kappa shape index (κ1) is 15.3. The van der Waals surface area contributed by atoms with Gasteiger partial charge in [0.05, 0.1) is 0 Å². The average Bonchev–Trinajstić information content (AvgIpc) is 2.89. The summed E-state index contributed by atoms with van der Waals surface area (Å²) >= 11 is 0. The Kier molecular flexibility index (Phi) is 4.06. The van der Waals surface area contributed by atoms with Crippen molar-refractivity contribution in [3.05, 3.63) is 45.9 Å². The van der Waals surface area contributed by atoms with Crippen LogP contribution in [0.3, 0.4) is 0 Å². The predicted molar refractivity (Wildman–Crippen MR) is 89.3 cm³/mol. The zero-order valence-electron chi connectivity index (χ0n) is 13.4. The van der Waals surface area contributed by atoms with Crippen molar-refractivity contribution in [2.24, 2.45) is 5.41 Å². The first-order chi connectivity index (χ1) is 10.5. The van der Waals surface area contributed by atoms with E-state index >= 15 is 0 Å². The van der Waals surface area contributed by atoms with Gasteiger partial charge in [-0.15, -0.1) is 0 Å². The Morgan fingerprint density at radius 1 is 1.36 bits per heavy atom. The predicted octanol–water partition coefficient (Wildman–Crippen LogP) is 2.08. The summed E-state index contributed by atoms with van der Waals surface area (Å²) < 4.78 is 0. The van der Waals surface area contributed by atoms with Gasteiger partial charge in [0, 0.05) is 42.6 Å². The van der Waals surface area contributed by atoms with Crippen molar-refractivity contribution >= 4 is 10.8 Å². The van der Waals surface area contributed by atoms with Crippen LogP contribution in [0.2, 0.25) is 0 Å². The Morgan fingerprint density at radius 3 is 2.91 bits per heavy atom. The number of hydrogen-bond donors (Lipinski definition) is 2. The van der Waals surface area contributed by atoms with E-state index in [0.29, 0.717) is 0 Å². The van der Waals surface area contributed by atoms with Crippen molar-refractivity contribution in [1.29, 1.82) is 0 Å². The van der Waals surface area contributed by atoms with Crippen LogP contribution in [0.25, 0.3) is 10.8 Å². The quantitative estimate of drug-likeness (QED) is 0.909. The summed E-state index contributed by atoms with van der Waals surface area (Å²) in [6.45, 7) is 7.29. The third kappa shape index (κ3) is 2.94. The van der Waals surface area contributed by atoms with E-state index in [2.05, 4.69) is 22.9 Å². The lowest BCUT2D eigenvalue weighted by Crippen LogP contribution is -2.29. The van der Waals surface area contributed by atoms with E-state index in [1.165, 1.54) is 0 Å². The number of fused-ring (bicyclic) bond motifs is 1. The van der Waals surface area contributed by atoms with E-state index in [0.717, 1.165) is 54.5 Å². The van der Waals surface area contributed by atoms with Crippen molar-refractivity contribution in [1.82, 2.24) is 9.88 Å². The van der Waals surface area contributed by atoms with Gasteiger partial charge in [0.2, 0.25) is 0 Å². The number of nitrogens with zero attached hydrogens (tertiary/aromatic N) is 1. The minimum atomic E-state index is -0.00202. The molecule has 2 aromatic rings. The van der Waals surface area contributed by atoms with Crippen LogP contribution in [-0.2, 0) is 6.42 Å². The maximum absolute atomic E-state index is 12.2. The second-order valence-corrected chi connectivity index (χ2v) is 6.90. The van der Waals surface area contributed by atoms with Crippen molar-refractivity contribution in [3.8, 4) is 0 Å². The first-order valence-corrected chi connectivity index (χ1v) is 7.95. The van der Waals surface area contributed by atoms with Crippen LogP contribution in [0.4, 0.5) is 0 Å². The Labute approximate surface area is 130 Å². The average molecular weight is 300 g/mol. The van der Waals surface area contributed by atoms with Gasteiger partial charge >= 0.3 is 0 Å². The molecule has 1 fully saturated rings. The number of aliphatic hydroxyl groups excluding tert-OH is 1. The third-order valence-corrected chi connectivity index (χ3v) is 4.88. The molecule has 2 N–H and O–H groups in total. The minimum absolute atomic E-state index is 0.00202. The highest BCUT2D eigenvalue weighted by atomic mass is 16.3. The Hall–Kier alpha value is -1.65. The van der Waals surface area contributed by atoms with Crippen LogP contribution in [-0.4, -0.2) is 41.2 Å². The summed E-state index contributed by atoms with van der Waals surface area (Å²) in [5, 5.41) is 11.2. The molecule has 4 heteroatoms. The lowest BCUT2D eigenvalue weighted by molar-refractivity contribution is 0.145. The summed E-state index contributed by atoms with van der Waals surface area (Å²) in [6.07, 6.45) is 1.87. The summed E-state index contributed by atoms with van der Waals surface area (Å²) in [5.41, 5.74) is 2.16. The van der Waals surface area contributed by atoms with E-state index < -0.39 is 0 Å². The Balaban J connectivity index is 1.75. The zero-order valence-corrected chi connectivity index (χ0v) is 13.4. The number of aryl methyl sites for hydroxylation is 1. The maximum Gasteiger partial charge on any atom is 0.256 e. The second-order valence-electron chi connectivity index (χ2n) is 6.90. The summed E-state index contributed by atoms with van der Waals surface area (Å²) in [4.78, 5) is 17.6. The van der Waals surface area contributed by atoms with E-state index in [4.69, 9.17) is 0 Å². The van der Waals surface area contributed by atoms with Gasteiger partial charge in [-0.1, -0.05) is 19.1 Å².